The van der Waals surface area contributed by atoms with E-state index in [-0.39, 0.29) is 6.42 Å². The van der Waals surface area contributed by atoms with Crippen LogP contribution in [0.3, 0.4) is 0 Å². The van der Waals surface area contributed by atoms with Crippen molar-refractivity contribution in [2.24, 2.45) is 0 Å². The van der Waals surface area contributed by atoms with E-state index in [1.54, 1.807) is 0 Å². The molecule has 1 radical (unpaired) electrons. The standard InChI is InChI=1S/C17H33O6/c1-8-12-17(22-20-15(2,3)4,23-21-16(5,6)7)13-10-9-11-14(18)19/h1,8-13H2,2-7H3,(H,18,19). The van der Waals surface area contributed by atoms with Gasteiger partial charge < -0.3 is 5.11 Å². The zero-order valence-corrected chi connectivity index (χ0v) is 15.4. The number of rotatable bonds is 11. The van der Waals surface area contributed by atoms with Crippen molar-refractivity contribution in [1.29, 1.82) is 0 Å². The Morgan fingerprint density at radius 1 is 0.870 bits per heavy atom. The van der Waals surface area contributed by atoms with Crippen LogP contribution in [0.2, 0.25) is 0 Å². The van der Waals surface area contributed by atoms with Crippen molar-refractivity contribution in [3.05, 3.63) is 6.92 Å². The Kier molecular flexibility index (Phi) is 9.28. The van der Waals surface area contributed by atoms with Gasteiger partial charge in [-0.2, -0.15) is 9.78 Å². The summed E-state index contributed by atoms with van der Waals surface area (Å²) in [5.41, 5.74) is -1.00. The second-order valence-corrected chi connectivity index (χ2v) is 7.67. The van der Waals surface area contributed by atoms with Crippen molar-refractivity contribution in [2.75, 3.05) is 0 Å². The van der Waals surface area contributed by atoms with E-state index in [0.717, 1.165) is 0 Å². The third kappa shape index (κ3) is 12.4. The van der Waals surface area contributed by atoms with E-state index >= 15 is 0 Å². The Hall–Kier alpha value is -0.690. The predicted octanol–water partition coefficient (Wildman–Crippen LogP) is 4.44. The summed E-state index contributed by atoms with van der Waals surface area (Å²) in [6, 6.07) is 0. The molecular weight excluding hydrogens is 300 g/mol. The van der Waals surface area contributed by atoms with Gasteiger partial charge >= 0.3 is 5.97 Å². The molecule has 23 heavy (non-hydrogen) atoms. The maximum absolute atomic E-state index is 10.6. The fourth-order valence-corrected chi connectivity index (χ4v) is 1.65. The van der Waals surface area contributed by atoms with E-state index in [2.05, 4.69) is 6.92 Å². The van der Waals surface area contributed by atoms with Crippen LogP contribution in [-0.4, -0.2) is 28.1 Å². The lowest BCUT2D eigenvalue weighted by molar-refractivity contribution is -0.543. The van der Waals surface area contributed by atoms with E-state index < -0.39 is 23.0 Å². The zero-order valence-electron chi connectivity index (χ0n) is 15.4. The predicted molar refractivity (Wildman–Crippen MR) is 87.3 cm³/mol. The number of carboxylic acid groups (broad SMARTS) is 1. The fourth-order valence-electron chi connectivity index (χ4n) is 1.65. The Bertz CT molecular complexity index is 322. The van der Waals surface area contributed by atoms with Gasteiger partial charge in [0.1, 0.15) is 0 Å². The number of aliphatic carboxylic acids is 1. The molecule has 0 atom stereocenters. The van der Waals surface area contributed by atoms with Crippen molar-refractivity contribution in [1.82, 2.24) is 0 Å². The highest BCUT2D eigenvalue weighted by Crippen LogP contribution is 2.31. The van der Waals surface area contributed by atoms with E-state index in [9.17, 15) is 4.79 Å². The quantitative estimate of drug-likeness (QED) is 0.261. The summed E-state index contributed by atoms with van der Waals surface area (Å²) in [5.74, 6) is -1.91. The van der Waals surface area contributed by atoms with Crippen LogP contribution in [0.25, 0.3) is 0 Å². The SMILES string of the molecule is [CH2]CCC(CCCCC(=O)O)(OOC(C)(C)C)OOC(C)(C)C. The smallest absolute Gasteiger partial charge is 0.303 e. The minimum Gasteiger partial charge on any atom is -0.481 e. The van der Waals surface area contributed by atoms with Gasteiger partial charge in [0.05, 0.1) is 11.2 Å². The van der Waals surface area contributed by atoms with Gasteiger partial charge in [-0.3, -0.25) is 4.79 Å². The first-order chi connectivity index (χ1) is 10.4. The van der Waals surface area contributed by atoms with E-state index in [4.69, 9.17) is 24.7 Å². The first kappa shape index (κ1) is 22.3. The van der Waals surface area contributed by atoms with Crippen molar-refractivity contribution < 1.29 is 29.5 Å². The van der Waals surface area contributed by atoms with Gasteiger partial charge in [0.25, 0.3) is 0 Å². The Morgan fingerprint density at radius 2 is 1.35 bits per heavy atom. The molecule has 0 bridgehead atoms. The molecule has 0 heterocycles. The van der Waals surface area contributed by atoms with Crippen LogP contribution < -0.4 is 0 Å². The molecule has 0 saturated carbocycles. The Labute approximate surface area is 140 Å². The van der Waals surface area contributed by atoms with E-state index in [1.807, 2.05) is 41.5 Å². The third-order valence-electron chi connectivity index (χ3n) is 2.64. The second kappa shape index (κ2) is 9.57. The summed E-state index contributed by atoms with van der Waals surface area (Å²) in [5, 5.41) is 8.74. The van der Waals surface area contributed by atoms with Crippen molar-refractivity contribution >= 4 is 5.97 Å². The largest absolute Gasteiger partial charge is 0.481 e. The summed E-state index contributed by atoms with van der Waals surface area (Å²) in [6.45, 7) is 15.1. The number of carboxylic acids is 1. The normalized spacial score (nSPS) is 13.3. The molecule has 0 aromatic carbocycles. The zero-order chi connectivity index (χ0) is 18.1. The monoisotopic (exact) mass is 333 g/mol. The van der Waals surface area contributed by atoms with Crippen LogP contribution in [0.4, 0.5) is 0 Å². The van der Waals surface area contributed by atoms with Crippen molar-refractivity contribution in [2.45, 2.75) is 97.1 Å². The first-order valence-corrected chi connectivity index (χ1v) is 8.14. The number of hydrogen-bond donors (Lipinski definition) is 1. The summed E-state index contributed by atoms with van der Waals surface area (Å²) in [6.07, 6.45) is 2.77. The topological polar surface area (TPSA) is 74.2 Å². The summed E-state index contributed by atoms with van der Waals surface area (Å²) >= 11 is 0. The molecule has 0 unspecified atom stereocenters. The minimum atomic E-state index is -1.10. The van der Waals surface area contributed by atoms with Crippen LogP contribution in [-0.2, 0) is 24.3 Å². The molecule has 0 rings (SSSR count). The molecule has 1 N–H and O–H groups in total. The number of unbranched alkanes of at least 4 members (excludes halogenated alkanes) is 1. The summed E-state index contributed by atoms with van der Waals surface area (Å²) in [7, 11) is 0. The average Bonchev–Trinajstić information content (AvgIpc) is 2.37. The van der Waals surface area contributed by atoms with Gasteiger partial charge in [-0.15, -0.1) is 0 Å². The number of hydrogen-bond acceptors (Lipinski definition) is 5. The van der Waals surface area contributed by atoms with E-state index in [1.165, 1.54) is 0 Å². The lowest BCUT2D eigenvalue weighted by Crippen LogP contribution is -2.41. The third-order valence-corrected chi connectivity index (χ3v) is 2.64. The molecule has 6 heteroatoms. The van der Waals surface area contributed by atoms with Crippen LogP contribution in [0.15, 0.2) is 0 Å². The fraction of sp³-hybridized carbons (Fsp3) is 0.882. The molecule has 0 aliphatic carbocycles. The van der Waals surface area contributed by atoms with Crippen LogP contribution >= 0.6 is 0 Å². The number of carbonyl (C=O) groups is 1. The molecule has 0 aliphatic heterocycles. The molecular formula is C17H33O6. The molecule has 0 aromatic rings. The first-order valence-electron chi connectivity index (χ1n) is 8.14. The lowest BCUT2D eigenvalue weighted by atomic mass is 10.0. The highest BCUT2D eigenvalue weighted by molar-refractivity contribution is 5.66. The van der Waals surface area contributed by atoms with Crippen LogP contribution in [0.5, 0.6) is 0 Å². The maximum Gasteiger partial charge on any atom is 0.303 e. The molecule has 6 nitrogen and oxygen atoms in total. The molecule has 0 fully saturated rings. The van der Waals surface area contributed by atoms with Gasteiger partial charge in [0.2, 0.25) is 5.79 Å². The second-order valence-electron chi connectivity index (χ2n) is 7.67. The minimum absolute atomic E-state index is 0.112. The molecule has 0 spiro atoms. The lowest BCUT2D eigenvalue weighted by Gasteiger charge is -2.35. The van der Waals surface area contributed by atoms with E-state index in [0.29, 0.717) is 32.1 Å². The van der Waals surface area contributed by atoms with Gasteiger partial charge in [0.15, 0.2) is 0 Å². The van der Waals surface area contributed by atoms with Crippen LogP contribution in [0, 0.1) is 6.92 Å². The molecule has 0 aliphatic rings. The van der Waals surface area contributed by atoms with Gasteiger partial charge in [0, 0.05) is 19.3 Å². The summed E-state index contributed by atoms with van der Waals surface area (Å²) < 4.78 is 0. The molecule has 0 amide bonds. The maximum atomic E-state index is 10.6. The Morgan fingerprint density at radius 3 is 1.70 bits per heavy atom. The highest BCUT2D eigenvalue weighted by Gasteiger charge is 2.37. The Balaban J connectivity index is 4.88. The van der Waals surface area contributed by atoms with Crippen molar-refractivity contribution in [3.63, 3.8) is 0 Å². The summed E-state index contributed by atoms with van der Waals surface area (Å²) in [4.78, 5) is 32.7. The van der Waals surface area contributed by atoms with Crippen molar-refractivity contribution in [3.8, 4) is 0 Å². The average molecular weight is 333 g/mol. The molecule has 0 aromatic heterocycles. The highest BCUT2D eigenvalue weighted by atomic mass is 17.3. The van der Waals surface area contributed by atoms with Crippen LogP contribution in [0.1, 0.15) is 80.1 Å². The molecule has 0 saturated heterocycles. The van der Waals surface area contributed by atoms with Gasteiger partial charge in [-0.05, 0) is 60.8 Å². The van der Waals surface area contributed by atoms with Gasteiger partial charge in [-0.1, -0.05) is 6.92 Å². The molecule has 137 valence electrons. The van der Waals surface area contributed by atoms with Gasteiger partial charge in [-0.25, -0.2) is 9.78 Å².